The number of carbonyl (C=O) groups excluding carboxylic acids is 1. The third-order valence-electron chi connectivity index (χ3n) is 2.83. The number of carboxylic acid groups (broad SMARTS) is 1. The van der Waals surface area contributed by atoms with Gasteiger partial charge in [0.05, 0.1) is 22.3 Å². The van der Waals surface area contributed by atoms with E-state index in [-0.39, 0.29) is 29.4 Å². The summed E-state index contributed by atoms with van der Waals surface area (Å²) in [6.45, 7) is -0.0144. The van der Waals surface area contributed by atoms with Gasteiger partial charge in [-0.2, -0.15) is 0 Å². The predicted octanol–water partition coefficient (Wildman–Crippen LogP) is 1.50. The van der Waals surface area contributed by atoms with Crippen molar-refractivity contribution in [2.75, 3.05) is 17.2 Å². The topological polar surface area (TPSA) is 83.6 Å². The van der Waals surface area contributed by atoms with E-state index in [0.717, 1.165) is 6.07 Å². The fraction of sp³-hybridized carbons (Fsp3) is 0.273. The number of nitrogens with two attached hydrogens (primary N) is 1. The fourth-order valence-electron chi connectivity index (χ4n) is 1.89. The Balaban J connectivity index is 2.35. The molecule has 1 fully saturated rings. The first-order valence-electron chi connectivity index (χ1n) is 5.18. The molecule has 1 heterocycles. The van der Waals surface area contributed by atoms with E-state index in [1.807, 2.05) is 0 Å². The van der Waals surface area contributed by atoms with Crippen LogP contribution in [0, 0.1) is 11.7 Å². The summed E-state index contributed by atoms with van der Waals surface area (Å²) in [4.78, 5) is 23.7. The van der Waals surface area contributed by atoms with Gasteiger partial charge >= 0.3 is 5.97 Å². The number of rotatable bonds is 2. The van der Waals surface area contributed by atoms with Crippen LogP contribution >= 0.6 is 11.6 Å². The Kier molecular flexibility index (Phi) is 3.13. The average molecular weight is 273 g/mol. The van der Waals surface area contributed by atoms with Crippen molar-refractivity contribution in [3.8, 4) is 0 Å². The Bertz CT molecular complexity index is 535. The zero-order chi connectivity index (χ0) is 13.4. The molecule has 0 bridgehead atoms. The molecule has 0 saturated carbocycles. The van der Waals surface area contributed by atoms with Crippen molar-refractivity contribution >= 4 is 34.9 Å². The summed E-state index contributed by atoms with van der Waals surface area (Å²) in [5.41, 5.74) is 5.96. The molecule has 1 amide bonds. The van der Waals surface area contributed by atoms with Crippen LogP contribution in [-0.2, 0) is 9.59 Å². The second kappa shape index (κ2) is 4.45. The lowest BCUT2D eigenvalue weighted by atomic mass is 10.1. The van der Waals surface area contributed by atoms with Crippen molar-refractivity contribution in [1.29, 1.82) is 0 Å². The average Bonchev–Trinajstić information content (AvgIpc) is 2.66. The molecule has 5 nitrogen and oxygen atoms in total. The minimum atomic E-state index is -1.06. The molecule has 7 heteroatoms. The quantitative estimate of drug-likeness (QED) is 0.799. The highest BCUT2D eigenvalue weighted by molar-refractivity contribution is 6.31. The van der Waals surface area contributed by atoms with Crippen LogP contribution in [0.3, 0.4) is 0 Å². The van der Waals surface area contributed by atoms with E-state index in [1.165, 1.54) is 11.0 Å². The number of benzene rings is 1. The summed E-state index contributed by atoms with van der Waals surface area (Å²) in [5, 5.41) is 8.72. The van der Waals surface area contributed by atoms with Crippen molar-refractivity contribution in [1.82, 2.24) is 0 Å². The number of halogens is 2. The molecule has 1 aliphatic heterocycles. The lowest BCUT2D eigenvalue weighted by Crippen LogP contribution is -2.26. The summed E-state index contributed by atoms with van der Waals surface area (Å²) in [6, 6.07) is 2.24. The largest absolute Gasteiger partial charge is 0.481 e. The van der Waals surface area contributed by atoms with Crippen LogP contribution in [0.4, 0.5) is 15.8 Å². The van der Waals surface area contributed by atoms with E-state index < -0.39 is 23.6 Å². The van der Waals surface area contributed by atoms with Gasteiger partial charge in [0.1, 0.15) is 5.82 Å². The van der Waals surface area contributed by atoms with Crippen LogP contribution in [0.1, 0.15) is 6.42 Å². The number of carbonyl (C=O) groups is 2. The second-order valence-electron chi connectivity index (χ2n) is 4.07. The summed E-state index contributed by atoms with van der Waals surface area (Å²) < 4.78 is 13.4. The Hall–Kier alpha value is -1.82. The SMILES string of the molecule is Nc1cc(Cl)c(F)cc1N1CC(C(=O)O)CC1=O. The first-order chi connectivity index (χ1) is 8.40. The Labute approximate surface area is 107 Å². The van der Waals surface area contributed by atoms with Crippen LogP contribution in [0.15, 0.2) is 12.1 Å². The Morgan fingerprint density at radius 1 is 1.56 bits per heavy atom. The maximum Gasteiger partial charge on any atom is 0.308 e. The Morgan fingerprint density at radius 2 is 2.22 bits per heavy atom. The molecule has 1 aromatic rings. The highest BCUT2D eigenvalue weighted by atomic mass is 35.5. The van der Waals surface area contributed by atoms with Gasteiger partial charge in [0.2, 0.25) is 5.91 Å². The number of hydrogen-bond acceptors (Lipinski definition) is 3. The van der Waals surface area contributed by atoms with Crippen LogP contribution in [-0.4, -0.2) is 23.5 Å². The maximum absolute atomic E-state index is 13.4. The number of carboxylic acids is 1. The van der Waals surface area contributed by atoms with Gasteiger partial charge in [0, 0.05) is 19.0 Å². The molecule has 1 aromatic carbocycles. The standard InChI is InChI=1S/C11H10ClFN2O3/c12-6-2-8(14)9(3-7(6)13)15-4-5(11(17)18)1-10(15)16/h2-3,5H,1,4,14H2,(H,17,18). The van der Waals surface area contributed by atoms with Crippen LogP contribution in [0.25, 0.3) is 0 Å². The molecule has 0 radical (unpaired) electrons. The number of aliphatic carboxylic acids is 1. The lowest BCUT2D eigenvalue weighted by Gasteiger charge is -2.18. The normalized spacial score (nSPS) is 19.3. The number of nitrogen functional groups attached to an aromatic ring is 1. The summed E-state index contributed by atoms with van der Waals surface area (Å²) in [7, 11) is 0. The van der Waals surface area contributed by atoms with Crippen molar-refractivity contribution in [2.45, 2.75) is 6.42 Å². The molecule has 0 aromatic heterocycles. The fourth-order valence-corrected chi connectivity index (χ4v) is 2.06. The van der Waals surface area contributed by atoms with E-state index in [9.17, 15) is 14.0 Å². The zero-order valence-corrected chi connectivity index (χ0v) is 9.95. The molecule has 96 valence electrons. The van der Waals surface area contributed by atoms with Gasteiger partial charge in [-0.1, -0.05) is 11.6 Å². The first kappa shape index (κ1) is 12.6. The molecule has 1 atom stereocenters. The van der Waals surface area contributed by atoms with E-state index in [2.05, 4.69) is 0 Å². The lowest BCUT2D eigenvalue weighted by molar-refractivity contribution is -0.141. The van der Waals surface area contributed by atoms with E-state index in [1.54, 1.807) is 0 Å². The predicted molar refractivity (Wildman–Crippen MR) is 63.9 cm³/mol. The molecule has 1 unspecified atom stereocenters. The van der Waals surface area contributed by atoms with Gasteiger partial charge in [0.25, 0.3) is 0 Å². The number of amides is 1. The molecule has 0 spiro atoms. The maximum atomic E-state index is 13.4. The summed E-state index contributed by atoms with van der Waals surface area (Å²) in [6.07, 6.45) is -0.112. The molecule has 1 aliphatic rings. The van der Waals surface area contributed by atoms with Crippen LogP contribution in [0.2, 0.25) is 5.02 Å². The molecule has 3 N–H and O–H groups in total. The first-order valence-corrected chi connectivity index (χ1v) is 5.55. The molecule has 0 aliphatic carbocycles. The highest BCUT2D eigenvalue weighted by Gasteiger charge is 2.36. The van der Waals surface area contributed by atoms with Crippen molar-refractivity contribution in [2.24, 2.45) is 5.92 Å². The minimum Gasteiger partial charge on any atom is -0.481 e. The van der Waals surface area contributed by atoms with Gasteiger partial charge in [-0.15, -0.1) is 0 Å². The van der Waals surface area contributed by atoms with Crippen molar-refractivity contribution < 1.29 is 19.1 Å². The molecular formula is C11H10ClFN2O3. The van der Waals surface area contributed by atoms with Gasteiger partial charge in [-0.25, -0.2) is 4.39 Å². The highest BCUT2D eigenvalue weighted by Crippen LogP contribution is 2.33. The number of hydrogen-bond donors (Lipinski definition) is 2. The second-order valence-corrected chi connectivity index (χ2v) is 4.48. The van der Waals surface area contributed by atoms with Crippen molar-refractivity contribution in [3.63, 3.8) is 0 Å². The van der Waals surface area contributed by atoms with Gasteiger partial charge in [-0.3, -0.25) is 9.59 Å². The third-order valence-corrected chi connectivity index (χ3v) is 3.12. The van der Waals surface area contributed by atoms with Gasteiger partial charge in [0.15, 0.2) is 0 Å². The van der Waals surface area contributed by atoms with Crippen LogP contribution in [0.5, 0.6) is 0 Å². The molecule has 18 heavy (non-hydrogen) atoms. The Morgan fingerprint density at radius 3 is 2.78 bits per heavy atom. The minimum absolute atomic E-state index is 0.0144. The van der Waals surface area contributed by atoms with Gasteiger partial charge in [-0.05, 0) is 6.07 Å². The van der Waals surface area contributed by atoms with E-state index >= 15 is 0 Å². The van der Waals surface area contributed by atoms with Crippen molar-refractivity contribution in [3.05, 3.63) is 23.0 Å². The summed E-state index contributed by atoms with van der Waals surface area (Å²) >= 11 is 5.56. The van der Waals surface area contributed by atoms with E-state index in [0.29, 0.717) is 0 Å². The monoisotopic (exact) mass is 272 g/mol. The van der Waals surface area contributed by atoms with Gasteiger partial charge < -0.3 is 15.7 Å². The molecule has 2 rings (SSSR count). The third kappa shape index (κ3) is 2.11. The van der Waals surface area contributed by atoms with E-state index in [4.69, 9.17) is 22.4 Å². The molecule has 1 saturated heterocycles. The summed E-state index contributed by atoms with van der Waals surface area (Å²) in [5.74, 6) is -2.95. The zero-order valence-electron chi connectivity index (χ0n) is 9.19. The van der Waals surface area contributed by atoms with Crippen LogP contribution < -0.4 is 10.6 Å². The smallest absolute Gasteiger partial charge is 0.308 e. The number of nitrogens with zero attached hydrogens (tertiary/aromatic N) is 1. The number of anilines is 2. The molecular weight excluding hydrogens is 263 g/mol.